The number of amides is 2. The van der Waals surface area contributed by atoms with Crippen LogP contribution in [0.5, 0.6) is 0 Å². The molecule has 0 saturated heterocycles. The summed E-state index contributed by atoms with van der Waals surface area (Å²) in [5, 5.41) is 13.0. The fourth-order valence-electron chi connectivity index (χ4n) is 2.69. The third kappa shape index (κ3) is 5.03. The summed E-state index contributed by atoms with van der Waals surface area (Å²) in [7, 11) is 0. The lowest BCUT2D eigenvalue weighted by Crippen LogP contribution is -2.32. The number of nitrogens with zero attached hydrogens (tertiary/aromatic N) is 4. The van der Waals surface area contributed by atoms with Crippen molar-refractivity contribution in [3.8, 4) is 5.82 Å². The van der Waals surface area contributed by atoms with Gasteiger partial charge in [-0.15, -0.1) is 0 Å². The number of urea groups is 1. The normalized spacial score (nSPS) is 10.6. The molecule has 3 aromatic rings. The molecule has 146 valence electrons. The minimum Gasteiger partial charge on any atom is -0.368 e. The summed E-state index contributed by atoms with van der Waals surface area (Å²) in [4.78, 5) is 20.7. The second-order valence-corrected chi connectivity index (χ2v) is 6.31. The number of aromatic nitrogens is 4. The van der Waals surface area contributed by atoms with E-state index in [0.717, 1.165) is 11.4 Å². The van der Waals surface area contributed by atoms with Gasteiger partial charge in [0, 0.05) is 30.5 Å². The van der Waals surface area contributed by atoms with Gasteiger partial charge in [0.15, 0.2) is 5.82 Å². The number of carbonyl (C=O) groups is 1. The van der Waals surface area contributed by atoms with Crippen LogP contribution in [0.25, 0.3) is 5.82 Å². The molecule has 28 heavy (non-hydrogen) atoms. The Labute approximate surface area is 162 Å². The van der Waals surface area contributed by atoms with Crippen LogP contribution in [0.4, 0.5) is 20.7 Å². The molecule has 0 spiro atoms. The predicted molar refractivity (Wildman–Crippen MR) is 105 cm³/mol. The lowest BCUT2D eigenvalue weighted by Gasteiger charge is -2.11. The van der Waals surface area contributed by atoms with Crippen molar-refractivity contribution in [1.29, 1.82) is 0 Å². The van der Waals surface area contributed by atoms with Crippen LogP contribution in [-0.2, 0) is 0 Å². The Morgan fingerprint density at radius 3 is 2.50 bits per heavy atom. The molecule has 2 aromatic heterocycles. The van der Waals surface area contributed by atoms with Gasteiger partial charge in [0.2, 0.25) is 0 Å². The third-order valence-electron chi connectivity index (χ3n) is 3.87. The average Bonchev–Trinajstić information content (AvgIpc) is 2.98. The maximum Gasteiger partial charge on any atom is 0.319 e. The fourth-order valence-corrected chi connectivity index (χ4v) is 2.69. The molecule has 0 fully saturated rings. The first-order valence-electron chi connectivity index (χ1n) is 8.84. The molecule has 2 heterocycles. The molecule has 0 aliphatic carbocycles. The molecule has 0 aliphatic rings. The standard InChI is InChI=1S/C19H22FN7O/c1-12-10-13(2)27(26-12)18-11-17(23-14(3)24-18)21-8-9-22-19(28)25-16-6-4-15(20)5-7-16/h4-7,10-11H,8-9H2,1-3H3,(H,21,23,24)(H2,22,25,28). The molecule has 3 rings (SSSR count). The maximum atomic E-state index is 12.9. The number of anilines is 2. The summed E-state index contributed by atoms with van der Waals surface area (Å²) in [5.74, 6) is 1.60. The number of carbonyl (C=O) groups excluding carboxylic acids is 1. The molecule has 0 bridgehead atoms. The highest BCUT2D eigenvalue weighted by atomic mass is 19.1. The van der Waals surface area contributed by atoms with E-state index in [9.17, 15) is 9.18 Å². The number of halogens is 1. The second kappa shape index (κ2) is 8.47. The summed E-state index contributed by atoms with van der Waals surface area (Å²) in [6, 6.07) is 8.99. The van der Waals surface area contributed by atoms with E-state index in [-0.39, 0.29) is 11.8 Å². The number of rotatable bonds is 6. The Hall–Kier alpha value is -3.49. The topological polar surface area (TPSA) is 96.8 Å². The van der Waals surface area contributed by atoms with Crippen molar-refractivity contribution in [2.45, 2.75) is 20.8 Å². The van der Waals surface area contributed by atoms with Gasteiger partial charge >= 0.3 is 6.03 Å². The van der Waals surface area contributed by atoms with Gasteiger partial charge in [-0.05, 0) is 51.1 Å². The summed E-state index contributed by atoms with van der Waals surface area (Å²) >= 11 is 0. The molecule has 0 aliphatic heterocycles. The van der Waals surface area contributed by atoms with Crippen LogP contribution in [0.15, 0.2) is 36.4 Å². The van der Waals surface area contributed by atoms with E-state index in [2.05, 4.69) is 31.0 Å². The molecular formula is C19H22FN7O. The van der Waals surface area contributed by atoms with Gasteiger partial charge in [-0.3, -0.25) is 0 Å². The second-order valence-electron chi connectivity index (χ2n) is 6.31. The summed E-state index contributed by atoms with van der Waals surface area (Å²) < 4.78 is 14.6. The SMILES string of the molecule is Cc1cc(C)n(-c2cc(NCCNC(=O)Nc3ccc(F)cc3)nc(C)n2)n1. The molecule has 0 radical (unpaired) electrons. The van der Waals surface area contributed by atoms with Crippen LogP contribution in [0.1, 0.15) is 17.2 Å². The molecule has 1 aromatic carbocycles. The van der Waals surface area contributed by atoms with E-state index >= 15 is 0 Å². The smallest absolute Gasteiger partial charge is 0.319 e. The van der Waals surface area contributed by atoms with Gasteiger partial charge in [-0.1, -0.05) is 0 Å². The Morgan fingerprint density at radius 1 is 1.07 bits per heavy atom. The van der Waals surface area contributed by atoms with Crippen LogP contribution >= 0.6 is 0 Å². The first-order chi connectivity index (χ1) is 13.4. The zero-order valence-electron chi connectivity index (χ0n) is 16.0. The van der Waals surface area contributed by atoms with Gasteiger partial charge in [0.1, 0.15) is 17.5 Å². The van der Waals surface area contributed by atoms with E-state index in [0.29, 0.717) is 36.2 Å². The number of hydrogen-bond donors (Lipinski definition) is 3. The average molecular weight is 383 g/mol. The van der Waals surface area contributed by atoms with Crippen molar-refractivity contribution in [3.05, 3.63) is 59.4 Å². The van der Waals surface area contributed by atoms with Crippen molar-refractivity contribution in [3.63, 3.8) is 0 Å². The van der Waals surface area contributed by atoms with E-state index in [1.54, 1.807) is 4.68 Å². The van der Waals surface area contributed by atoms with Crippen LogP contribution in [0.3, 0.4) is 0 Å². The van der Waals surface area contributed by atoms with Crippen LogP contribution in [0, 0.1) is 26.6 Å². The fraction of sp³-hybridized carbons (Fsp3) is 0.263. The molecule has 9 heteroatoms. The first kappa shape index (κ1) is 19.3. The molecule has 0 saturated carbocycles. The van der Waals surface area contributed by atoms with Crippen LogP contribution in [-0.4, -0.2) is 38.9 Å². The van der Waals surface area contributed by atoms with Crippen molar-refractivity contribution < 1.29 is 9.18 Å². The largest absolute Gasteiger partial charge is 0.368 e. The van der Waals surface area contributed by atoms with Crippen molar-refractivity contribution >= 4 is 17.5 Å². The van der Waals surface area contributed by atoms with Gasteiger partial charge in [0.05, 0.1) is 5.69 Å². The zero-order valence-corrected chi connectivity index (χ0v) is 16.0. The molecule has 0 atom stereocenters. The first-order valence-corrected chi connectivity index (χ1v) is 8.84. The molecule has 3 N–H and O–H groups in total. The van der Waals surface area contributed by atoms with E-state index < -0.39 is 0 Å². The van der Waals surface area contributed by atoms with Crippen molar-refractivity contribution in [2.75, 3.05) is 23.7 Å². The Balaban J connectivity index is 1.52. The van der Waals surface area contributed by atoms with Crippen LogP contribution in [0.2, 0.25) is 0 Å². The Bertz CT molecular complexity index is 969. The van der Waals surface area contributed by atoms with Gasteiger partial charge < -0.3 is 16.0 Å². The number of aryl methyl sites for hydroxylation is 3. The number of hydrogen-bond acceptors (Lipinski definition) is 5. The van der Waals surface area contributed by atoms with E-state index in [4.69, 9.17) is 0 Å². The van der Waals surface area contributed by atoms with Gasteiger partial charge in [-0.2, -0.15) is 5.10 Å². The van der Waals surface area contributed by atoms with Gasteiger partial charge in [-0.25, -0.2) is 23.8 Å². The third-order valence-corrected chi connectivity index (χ3v) is 3.87. The van der Waals surface area contributed by atoms with E-state index in [1.807, 2.05) is 32.9 Å². The molecular weight excluding hydrogens is 361 g/mol. The maximum absolute atomic E-state index is 12.9. The lowest BCUT2D eigenvalue weighted by molar-refractivity contribution is 0.252. The minimum atomic E-state index is -0.365. The van der Waals surface area contributed by atoms with Crippen molar-refractivity contribution in [2.24, 2.45) is 0 Å². The summed E-state index contributed by atoms with van der Waals surface area (Å²) in [6.45, 7) is 6.57. The van der Waals surface area contributed by atoms with Crippen LogP contribution < -0.4 is 16.0 Å². The molecule has 0 unspecified atom stereocenters. The highest BCUT2D eigenvalue weighted by Gasteiger charge is 2.08. The number of nitrogens with one attached hydrogen (secondary N) is 3. The highest BCUT2D eigenvalue weighted by Crippen LogP contribution is 2.13. The predicted octanol–water partition coefficient (Wildman–Crippen LogP) is 2.96. The summed E-state index contributed by atoms with van der Waals surface area (Å²) in [5.41, 5.74) is 2.42. The highest BCUT2D eigenvalue weighted by molar-refractivity contribution is 5.89. The monoisotopic (exact) mass is 383 g/mol. The Kier molecular flexibility index (Phi) is 5.83. The van der Waals surface area contributed by atoms with E-state index in [1.165, 1.54) is 24.3 Å². The lowest BCUT2D eigenvalue weighted by atomic mass is 10.3. The quantitative estimate of drug-likeness (QED) is 0.569. The molecule has 2 amide bonds. The number of benzene rings is 1. The molecule has 8 nitrogen and oxygen atoms in total. The zero-order chi connectivity index (χ0) is 20.1. The van der Waals surface area contributed by atoms with Gasteiger partial charge in [0.25, 0.3) is 0 Å². The van der Waals surface area contributed by atoms with Crippen molar-refractivity contribution in [1.82, 2.24) is 25.1 Å². The Morgan fingerprint density at radius 2 is 1.82 bits per heavy atom. The summed E-state index contributed by atoms with van der Waals surface area (Å²) in [6.07, 6.45) is 0. The minimum absolute atomic E-state index is 0.352.